The van der Waals surface area contributed by atoms with Gasteiger partial charge in [-0.25, -0.2) is 0 Å². The minimum atomic E-state index is -0.0135. The molecule has 0 aliphatic carbocycles. The molecule has 19 heavy (non-hydrogen) atoms. The zero-order chi connectivity index (χ0) is 13.8. The fraction of sp³-hybridized carbons (Fsp3) is 0.714. The van der Waals surface area contributed by atoms with Crippen molar-refractivity contribution in [2.24, 2.45) is 13.0 Å². The van der Waals surface area contributed by atoms with E-state index in [4.69, 9.17) is 0 Å². The molecule has 2 rings (SSSR count). The van der Waals surface area contributed by atoms with Crippen molar-refractivity contribution in [1.29, 1.82) is 0 Å². The second-order valence-corrected chi connectivity index (χ2v) is 5.52. The van der Waals surface area contributed by atoms with Crippen LogP contribution in [0.3, 0.4) is 0 Å². The van der Waals surface area contributed by atoms with E-state index in [0.29, 0.717) is 12.5 Å². The van der Waals surface area contributed by atoms with Crippen molar-refractivity contribution in [2.75, 3.05) is 13.6 Å². The Bertz CT molecular complexity index is 429. The summed E-state index contributed by atoms with van der Waals surface area (Å²) in [5.74, 6) is 0.879. The molecule has 1 aromatic rings. The molecule has 1 fully saturated rings. The van der Waals surface area contributed by atoms with E-state index < -0.39 is 0 Å². The van der Waals surface area contributed by atoms with Crippen molar-refractivity contribution < 1.29 is 4.79 Å². The molecule has 0 saturated carbocycles. The molecule has 1 aromatic heterocycles. The van der Waals surface area contributed by atoms with Gasteiger partial charge in [0, 0.05) is 32.4 Å². The second-order valence-electron chi connectivity index (χ2n) is 5.52. The van der Waals surface area contributed by atoms with Crippen LogP contribution in [0.5, 0.6) is 0 Å². The third kappa shape index (κ3) is 3.56. The molecule has 106 valence electrons. The van der Waals surface area contributed by atoms with Crippen LogP contribution >= 0.6 is 0 Å². The molecule has 0 aromatic carbocycles. The van der Waals surface area contributed by atoms with Gasteiger partial charge in [0.05, 0.1) is 12.2 Å². The van der Waals surface area contributed by atoms with E-state index in [2.05, 4.69) is 17.3 Å². The van der Waals surface area contributed by atoms with E-state index in [1.165, 1.54) is 6.42 Å². The molecule has 1 amide bonds. The van der Waals surface area contributed by atoms with E-state index in [1.54, 1.807) is 9.58 Å². The number of amides is 1. The summed E-state index contributed by atoms with van der Waals surface area (Å²) >= 11 is 0. The van der Waals surface area contributed by atoms with Gasteiger partial charge in [-0.3, -0.25) is 9.48 Å². The van der Waals surface area contributed by atoms with E-state index in [0.717, 1.165) is 24.9 Å². The molecule has 2 atom stereocenters. The quantitative estimate of drug-likeness (QED) is 0.887. The van der Waals surface area contributed by atoms with Crippen LogP contribution in [-0.2, 0) is 18.4 Å². The van der Waals surface area contributed by atoms with Crippen LogP contribution in [0.15, 0.2) is 12.4 Å². The monoisotopic (exact) mass is 264 g/mol. The van der Waals surface area contributed by atoms with Crippen molar-refractivity contribution in [1.82, 2.24) is 20.0 Å². The lowest BCUT2D eigenvalue weighted by atomic mass is 9.90. The number of aryl methyl sites for hydroxylation is 1. The Hall–Kier alpha value is -1.36. The molecule has 0 radical (unpaired) electrons. The van der Waals surface area contributed by atoms with Crippen molar-refractivity contribution >= 4 is 5.91 Å². The minimum Gasteiger partial charge on any atom is -0.340 e. The number of piperidine rings is 1. The first-order valence-electron chi connectivity index (χ1n) is 7.06. The van der Waals surface area contributed by atoms with Gasteiger partial charge in [-0.05, 0) is 25.3 Å². The normalized spacial score (nSPS) is 23.3. The standard InChI is InChI=1S/C14H24N4O/c1-4-11-5-6-15-13(7-11)14(19)17(2)9-12-8-16-18(3)10-12/h8,10-11,13,15H,4-7,9H2,1-3H3. The predicted molar refractivity (Wildman–Crippen MR) is 74.5 cm³/mol. The molecule has 1 N–H and O–H groups in total. The van der Waals surface area contributed by atoms with Crippen LogP contribution in [0, 0.1) is 5.92 Å². The van der Waals surface area contributed by atoms with Crippen molar-refractivity contribution in [3.63, 3.8) is 0 Å². The average molecular weight is 264 g/mol. The molecular weight excluding hydrogens is 240 g/mol. The smallest absolute Gasteiger partial charge is 0.239 e. The Morgan fingerprint density at radius 1 is 1.63 bits per heavy atom. The van der Waals surface area contributed by atoms with E-state index in [1.807, 2.05) is 26.5 Å². The lowest BCUT2D eigenvalue weighted by Crippen LogP contribution is -2.48. The summed E-state index contributed by atoms with van der Waals surface area (Å²) in [5.41, 5.74) is 1.07. The lowest BCUT2D eigenvalue weighted by molar-refractivity contribution is -0.133. The van der Waals surface area contributed by atoms with Crippen LogP contribution in [0.25, 0.3) is 0 Å². The topological polar surface area (TPSA) is 50.2 Å². The van der Waals surface area contributed by atoms with Gasteiger partial charge in [0.2, 0.25) is 5.91 Å². The number of carbonyl (C=O) groups excluding carboxylic acids is 1. The molecule has 2 unspecified atom stereocenters. The van der Waals surface area contributed by atoms with Crippen LogP contribution in [0.2, 0.25) is 0 Å². The summed E-state index contributed by atoms with van der Waals surface area (Å²) in [6, 6.07) is -0.0135. The molecule has 1 aliphatic rings. The van der Waals surface area contributed by atoms with Gasteiger partial charge in [-0.1, -0.05) is 13.3 Å². The van der Waals surface area contributed by atoms with Gasteiger partial charge < -0.3 is 10.2 Å². The summed E-state index contributed by atoms with van der Waals surface area (Å²) in [6.07, 6.45) is 7.08. The number of nitrogens with zero attached hydrogens (tertiary/aromatic N) is 3. The van der Waals surface area contributed by atoms with Gasteiger partial charge in [-0.2, -0.15) is 5.10 Å². The number of hydrogen-bond acceptors (Lipinski definition) is 3. The molecule has 5 nitrogen and oxygen atoms in total. The highest BCUT2D eigenvalue weighted by atomic mass is 16.2. The number of nitrogens with one attached hydrogen (secondary N) is 1. The minimum absolute atomic E-state index is 0.0135. The fourth-order valence-corrected chi connectivity index (χ4v) is 2.73. The van der Waals surface area contributed by atoms with Crippen LogP contribution in [0.1, 0.15) is 31.7 Å². The first-order valence-corrected chi connectivity index (χ1v) is 7.06. The first-order chi connectivity index (χ1) is 9.10. The summed E-state index contributed by atoms with van der Waals surface area (Å²) in [6.45, 7) is 3.79. The zero-order valence-electron chi connectivity index (χ0n) is 12.1. The molecular formula is C14H24N4O. The third-order valence-corrected chi connectivity index (χ3v) is 3.94. The van der Waals surface area contributed by atoms with Gasteiger partial charge >= 0.3 is 0 Å². The van der Waals surface area contributed by atoms with Gasteiger partial charge in [0.15, 0.2) is 0 Å². The fourth-order valence-electron chi connectivity index (χ4n) is 2.73. The molecule has 1 saturated heterocycles. The molecule has 1 aliphatic heterocycles. The predicted octanol–water partition coefficient (Wildman–Crippen LogP) is 1.16. The van der Waals surface area contributed by atoms with Crippen molar-refractivity contribution in [3.8, 4) is 0 Å². The Labute approximate surface area is 115 Å². The van der Waals surface area contributed by atoms with Gasteiger partial charge in [0.25, 0.3) is 0 Å². The van der Waals surface area contributed by atoms with Crippen LogP contribution in [0.4, 0.5) is 0 Å². The van der Waals surface area contributed by atoms with Crippen LogP contribution in [-0.4, -0.2) is 40.2 Å². The molecule has 5 heteroatoms. The highest BCUT2D eigenvalue weighted by Crippen LogP contribution is 2.20. The third-order valence-electron chi connectivity index (χ3n) is 3.94. The Morgan fingerprint density at radius 2 is 2.42 bits per heavy atom. The zero-order valence-corrected chi connectivity index (χ0v) is 12.1. The highest BCUT2D eigenvalue weighted by molar-refractivity contribution is 5.81. The number of hydrogen-bond donors (Lipinski definition) is 1. The maximum atomic E-state index is 12.4. The largest absolute Gasteiger partial charge is 0.340 e. The molecule has 0 bridgehead atoms. The number of rotatable bonds is 4. The van der Waals surface area contributed by atoms with Crippen molar-refractivity contribution in [3.05, 3.63) is 18.0 Å². The first kappa shape index (κ1) is 14.1. The molecule has 2 heterocycles. The van der Waals surface area contributed by atoms with E-state index in [9.17, 15) is 4.79 Å². The summed E-state index contributed by atoms with van der Waals surface area (Å²) < 4.78 is 1.76. The highest BCUT2D eigenvalue weighted by Gasteiger charge is 2.28. The second kappa shape index (κ2) is 6.19. The number of aromatic nitrogens is 2. The van der Waals surface area contributed by atoms with Gasteiger partial charge in [-0.15, -0.1) is 0 Å². The number of likely N-dealkylation sites (N-methyl/N-ethyl adjacent to an activating group) is 1. The maximum Gasteiger partial charge on any atom is 0.239 e. The average Bonchev–Trinajstić information content (AvgIpc) is 2.83. The van der Waals surface area contributed by atoms with Gasteiger partial charge in [0.1, 0.15) is 0 Å². The summed E-state index contributed by atoms with van der Waals surface area (Å²) in [5, 5.41) is 7.47. The number of carbonyl (C=O) groups is 1. The summed E-state index contributed by atoms with van der Waals surface area (Å²) in [4.78, 5) is 14.2. The van der Waals surface area contributed by atoms with Crippen LogP contribution < -0.4 is 5.32 Å². The van der Waals surface area contributed by atoms with Crippen molar-refractivity contribution in [2.45, 2.75) is 38.8 Å². The Morgan fingerprint density at radius 3 is 3.05 bits per heavy atom. The lowest BCUT2D eigenvalue weighted by Gasteiger charge is -2.31. The Kier molecular flexibility index (Phi) is 4.58. The summed E-state index contributed by atoms with van der Waals surface area (Å²) in [7, 11) is 3.76. The van der Waals surface area contributed by atoms with E-state index in [-0.39, 0.29) is 11.9 Å². The molecule has 0 spiro atoms. The van der Waals surface area contributed by atoms with E-state index >= 15 is 0 Å². The Balaban J connectivity index is 1.91. The maximum absolute atomic E-state index is 12.4. The SMILES string of the molecule is CCC1CCNC(C(=O)N(C)Cc2cnn(C)c2)C1.